The Hall–Kier alpha value is -2.22. The lowest BCUT2D eigenvalue weighted by atomic mass is 10.2. The van der Waals surface area contributed by atoms with Crippen LogP contribution in [-0.2, 0) is 85.4 Å². The maximum Gasteiger partial charge on any atom is 0.297 e. The second-order valence-corrected chi connectivity index (χ2v) is 22.6. The summed E-state index contributed by atoms with van der Waals surface area (Å²) in [4.78, 5) is 0.225. The van der Waals surface area contributed by atoms with Crippen LogP contribution < -0.4 is 0 Å². The lowest BCUT2D eigenvalue weighted by Gasteiger charge is -2.23. The quantitative estimate of drug-likeness (QED) is 0.0586. The third-order valence-electron chi connectivity index (χ3n) is 10.8. The Balaban J connectivity index is 1.46. The van der Waals surface area contributed by atoms with E-state index in [2.05, 4.69) is 0 Å². The van der Waals surface area contributed by atoms with Crippen LogP contribution in [0.4, 0.5) is 0 Å². The van der Waals surface area contributed by atoms with E-state index in [1.54, 1.807) is 38.1 Å². The molecule has 20 heteroatoms. The smallest absolute Gasteiger partial charge is 0.297 e. The minimum absolute atomic E-state index is 0.0971. The lowest BCUT2D eigenvalue weighted by Crippen LogP contribution is -2.31. The highest BCUT2D eigenvalue weighted by molar-refractivity contribution is 7.87. The molecule has 0 saturated heterocycles. The standard InChI is InChI=1S/C53H92O18S2/c1-37-16-20-52(21-17-37)72(54,55)70-36-50(14)68-34-48(12)66-32-46(10)64-30-44(8)62-28-42(6)60-26-40(4)58-24-39(3)59-25-41(5)61-27-43(7)63-29-45(9)65-31-47(11)67-33-49(13)69-35-51(15)71-73(56,57)53-22-18-38(2)19-23-53/h16-23,39-51H,24-36H2,1-15H3. The van der Waals surface area contributed by atoms with Gasteiger partial charge in [-0.2, -0.15) is 16.8 Å². The van der Waals surface area contributed by atoms with Crippen LogP contribution in [0.3, 0.4) is 0 Å². The Morgan fingerprint density at radius 1 is 0.274 bits per heavy atom. The highest BCUT2D eigenvalue weighted by atomic mass is 32.2. The van der Waals surface area contributed by atoms with Crippen molar-refractivity contribution in [3.63, 3.8) is 0 Å². The van der Waals surface area contributed by atoms with Crippen LogP contribution in [0.15, 0.2) is 58.3 Å². The molecular weight excluding hydrogens is 989 g/mol. The molecule has 0 saturated carbocycles. The summed E-state index contributed by atoms with van der Waals surface area (Å²) in [5.74, 6) is 0. The monoisotopic (exact) mass is 1080 g/mol. The number of hydrogen-bond donors (Lipinski definition) is 0. The van der Waals surface area contributed by atoms with Gasteiger partial charge in [0.2, 0.25) is 0 Å². The lowest BCUT2D eigenvalue weighted by molar-refractivity contribution is -0.114. The number of benzene rings is 2. The zero-order chi connectivity index (χ0) is 54.6. The van der Waals surface area contributed by atoms with Crippen molar-refractivity contribution in [1.82, 2.24) is 0 Å². The van der Waals surface area contributed by atoms with Gasteiger partial charge < -0.3 is 56.8 Å². The first-order valence-corrected chi connectivity index (χ1v) is 28.5. The molecule has 73 heavy (non-hydrogen) atoms. The second-order valence-electron chi connectivity index (χ2n) is 19.5. The fourth-order valence-electron chi connectivity index (χ4n) is 6.14. The Morgan fingerprint density at radius 3 is 0.671 bits per heavy atom. The van der Waals surface area contributed by atoms with Gasteiger partial charge in [0, 0.05) is 0 Å². The average Bonchev–Trinajstić information content (AvgIpc) is 3.35. The summed E-state index contributed by atoms with van der Waals surface area (Å²) < 4.78 is 131. The first kappa shape index (κ1) is 66.9. The SMILES string of the molecule is Cc1ccc(S(=O)(=O)OCC(C)OCC(C)OCC(C)OCC(C)OCC(C)OCC(C)OCC(C)OCC(C)OCC(C)OCC(C)OCC(C)OCC(C)OCC(C)OS(=O)(=O)c2ccc(C)cc2)cc1. The summed E-state index contributed by atoms with van der Waals surface area (Å²) in [7, 11) is -7.74. The summed E-state index contributed by atoms with van der Waals surface area (Å²) in [5, 5.41) is 0. The van der Waals surface area contributed by atoms with Crippen molar-refractivity contribution in [3.05, 3.63) is 59.7 Å². The van der Waals surface area contributed by atoms with Crippen molar-refractivity contribution in [2.24, 2.45) is 0 Å². The van der Waals surface area contributed by atoms with Crippen molar-refractivity contribution in [3.8, 4) is 0 Å². The Bertz CT molecular complexity index is 1940. The number of rotatable bonds is 43. The predicted octanol–water partition coefficient (Wildman–Crippen LogP) is 7.66. The van der Waals surface area contributed by atoms with E-state index in [9.17, 15) is 16.8 Å². The van der Waals surface area contributed by atoms with Gasteiger partial charge in [0.05, 0.1) is 175 Å². The Morgan fingerprint density at radius 2 is 0.452 bits per heavy atom. The van der Waals surface area contributed by atoms with Crippen molar-refractivity contribution >= 4 is 20.2 Å². The zero-order valence-corrected chi connectivity index (χ0v) is 48.1. The van der Waals surface area contributed by atoms with E-state index in [0.29, 0.717) is 66.1 Å². The van der Waals surface area contributed by atoms with Gasteiger partial charge in [-0.05, 0) is 128 Å². The van der Waals surface area contributed by atoms with Gasteiger partial charge in [0.25, 0.3) is 20.2 Å². The van der Waals surface area contributed by atoms with Gasteiger partial charge in [-0.15, -0.1) is 0 Å². The summed E-state index contributed by atoms with van der Waals surface area (Å²) in [6.45, 7) is 32.6. The van der Waals surface area contributed by atoms with Gasteiger partial charge in [-0.25, -0.2) is 0 Å². The van der Waals surface area contributed by atoms with Gasteiger partial charge in [0.15, 0.2) is 0 Å². The van der Waals surface area contributed by atoms with Crippen LogP contribution in [0, 0.1) is 13.8 Å². The first-order valence-electron chi connectivity index (χ1n) is 25.7. The molecule has 0 aliphatic rings. The minimum Gasteiger partial charge on any atom is -0.373 e. The molecular formula is C53H92O18S2. The highest BCUT2D eigenvalue weighted by Crippen LogP contribution is 2.17. The summed E-state index contributed by atoms with van der Waals surface area (Å²) in [6.07, 6.45) is -3.00. The molecule has 0 fully saturated rings. The number of ether oxygens (including phenoxy) is 12. The number of aryl methyl sites for hydroxylation is 2. The second kappa shape index (κ2) is 36.0. The van der Waals surface area contributed by atoms with Crippen LogP contribution in [0.1, 0.15) is 101 Å². The van der Waals surface area contributed by atoms with E-state index < -0.39 is 32.4 Å². The van der Waals surface area contributed by atoms with Crippen LogP contribution >= 0.6 is 0 Å². The average molecular weight is 1080 g/mol. The van der Waals surface area contributed by atoms with Gasteiger partial charge in [-0.1, -0.05) is 35.4 Å². The summed E-state index contributed by atoms with van der Waals surface area (Å²) in [5.41, 5.74) is 1.93. The van der Waals surface area contributed by atoms with E-state index in [1.807, 2.05) is 90.0 Å². The van der Waals surface area contributed by atoms with Crippen molar-refractivity contribution in [1.29, 1.82) is 0 Å². The van der Waals surface area contributed by atoms with E-state index in [0.717, 1.165) is 11.1 Å². The third-order valence-corrected chi connectivity index (χ3v) is 13.5. The molecule has 0 aliphatic heterocycles. The minimum atomic E-state index is -3.88. The molecule has 18 nitrogen and oxygen atoms in total. The molecule has 2 aromatic rings. The van der Waals surface area contributed by atoms with E-state index in [4.69, 9.17) is 65.2 Å². The molecule has 2 aromatic carbocycles. The van der Waals surface area contributed by atoms with Crippen LogP contribution in [-0.4, -0.2) is 182 Å². The molecule has 13 atom stereocenters. The highest BCUT2D eigenvalue weighted by Gasteiger charge is 2.22. The Kier molecular flexibility index (Phi) is 33.0. The van der Waals surface area contributed by atoms with Crippen molar-refractivity contribution in [2.75, 3.05) is 85.9 Å². The molecule has 0 aliphatic carbocycles. The van der Waals surface area contributed by atoms with Crippen molar-refractivity contribution in [2.45, 2.75) is 193 Å². The van der Waals surface area contributed by atoms with Crippen LogP contribution in [0.25, 0.3) is 0 Å². The predicted molar refractivity (Wildman–Crippen MR) is 278 cm³/mol. The fraction of sp³-hybridized carbons (Fsp3) is 0.774. The maximum atomic E-state index is 12.5. The van der Waals surface area contributed by atoms with Crippen molar-refractivity contribution < 1.29 is 82.0 Å². The maximum absolute atomic E-state index is 12.5. The fourth-order valence-corrected chi connectivity index (χ4v) is 8.18. The van der Waals surface area contributed by atoms with Gasteiger partial charge >= 0.3 is 0 Å². The molecule has 2 rings (SSSR count). The molecule has 0 N–H and O–H groups in total. The first-order chi connectivity index (χ1) is 34.3. The van der Waals surface area contributed by atoms with Crippen LogP contribution in [0.2, 0.25) is 0 Å². The molecule has 0 heterocycles. The summed E-state index contributed by atoms with van der Waals surface area (Å²) in [6, 6.07) is 13.0. The molecule has 0 aromatic heterocycles. The van der Waals surface area contributed by atoms with E-state index >= 15 is 0 Å². The zero-order valence-electron chi connectivity index (χ0n) is 46.5. The molecule has 0 spiro atoms. The molecule has 0 bridgehead atoms. The van der Waals surface area contributed by atoms with Crippen LogP contribution in [0.5, 0.6) is 0 Å². The van der Waals surface area contributed by atoms with E-state index in [1.165, 1.54) is 24.3 Å². The largest absolute Gasteiger partial charge is 0.373 e. The van der Waals surface area contributed by atoms with Gasteiger partial charge in [-0.3, -0.25) is 8.37 Å². The summed E-state index contributed by atoms with van der Waals surface area (Å²) >= 11 is 0. The number of hydrogen-bond acceptors (Lipinski definition) is 18. The van der Waals surface area contributed by atoms with Gasteiger partial charge in [0.1, 0.15) is 0 Å². The topological polar surface area (TPSA) is 198 Å². The molecule has 0 amide bonds. The Labute approximate surface area is 439 Å². The molecule has 13 unspecified atom stereocenters. The third kappa shape index (κ3) is 31.6. The molecule has 0 radical (unpaired) electrons. The molecule has 424 valence electrons. The van der Waals surface area contributed by atoms with E-state index in [-0.39, 0.29) is 96.8 Å². The normalized spacial score (nSPS) is 18.0.